The Kier molecular flexibility index (Phi) is 5.24. The predicted molar refractivity (Wildman–Crippen MR) is 87.4 cm³/mol. The molecule has 24 heavy (non-hydrogen) atoms. The van der Waals surface area contributed by atoms with E-state index in [4.69, 9.17) is 20.0 Å². The fraction of sp³-hybridized carbons (Fsp3) is 0.412. The van der Waals surface area contributed by atoms with Gasteiger partial charge in [0, 0.05) is 18.7 Å². The number of aromatic nitrogens is 1. The molecule has 0 bridgehead atoms. The van der Waals surface area contributed by atoms with Crippen molar-refractivity contribution in [2.75, 3.05) is 26.3 Å². The molecule has 1 aromatic carbocycles. The van der Waals surface area contributed by atoms with E-state index in [2.05, 4.69) is 9.88 Å². The highest BCUT2D eigenvalue weighted by molar-refractivity contribution is 5.73. The zero-order chi connectivity index (χ0) is 16.9. The average Bonchev–Trinajstić information content (AvgIpc) is 3.05. The van der Waals surface area contributed by atoms with Crippen LogP contribution in [-0.4, -0.2) is 53.3 Å². The summed E-state index contributed by atoms with van der Waals surface area (Å²) in [6.45, 7) is 4.02. The van der Waals surface area contributed by atoms with Crippen LogP contribution in [0.3, 0.4) is 0 Å². The molecule has 7 nitrogen and oxygen atoms in total. The molecule has 0 aliphatic carbocycles. The lowest BCUT2D eigenvalue weighted by Crippen LogP contribution is -2.35. The topological polar surface area (TPSA) is 102 Å². The molecule has 3 N–H and O–H groups in total. The van der Waals surface area contributed by atoms with E-state index in [0.29, 0.717) is 12.3 Å². The number of benzene rings is 1. The smallest absolute Gasteiger partial charge is 0.320 e. The Morgan fingerprint density at radius 1 is 1.29 bits per heavy atom. The van der Waals surface area contributed by atoms with Crippen molar-refractivity contribution in [1.82, 2.24) is 9.88 Å². The normalized spacial score (nSPS) is 16.9. The van der Waals surface area contributed by atoms with Gasteiger partial charge in [0.2, 0.25) is 5.89 Å². The van der Waals surface area contributed by atoms with E-state index in [1.807, 2.05) is 24.3 Å². The van der Waals surface area contributed by atoms with Crippen LogP contribution in [0.25, 0.3) is 11.5 Å². The minimum atomic E-state index is -1.00. The van der Waals surface area contributed by atoms with Crippen molar-refractivity contribution in [2.45, 2.75) is 19.0 Å². The molecule has 2 aromatic rings. The van der Waals surface area contributed by atoms with Gasteiger partial charge >= 0.3 is 5.97 Å². The number of morpholine rings is 1. The van der Waals surface area contributed by atoms with Crippen LogP contribution in [0.5, 0.6) is 0 Å². The maximum Gasteiger partial charge on any atom is 0.320 e. The molecule has 1 fully saturated rings. The highest BCUT2D eigenvalue weighted by atomic mass is 16.5. The van der Waals surface area contributed by atoms with Crippen LogP contribution < -0.4 is 5.73 Å². The summed E-state index contributed by atoms with van der Waals surface area (Å²) in [7, 11) is 0. The van der Waals surface area contributed by atoms with Gasteiger partial charge in [-0.2, -0.15) is 0 Å². The maximum atomic E-state index is 10.8. The van der Waals surface area contributed by atoms with E-state index in [1.165, 1.54) is 0 Å². The number of carboxylic acid groups (broad SMARTS) is 1. The Morgan fingerprint density at radius 3 is 2.67 bits per heavy atom. The molecule has 0 amide bonds. The van der Waals surface area contributed by atoms with Crippen molar-refractivity contribution in [2.24, 2.45) is 5.73 Å². The summed E-state index contributed by atoms with van der Waals surface area (Å²) in [5.74, 6) is 0.385. The van der Waals surface area contributed by atoms with Gasteiger partial charge in [-0.05, 0) is 24.1 Å². The molecule has 0 saturated carbocycles. The summed E-state index contributed by atoms with van der Waals surface area (Å²) in [6, 6.07) is 6.55. The molecule has 0 radical (unpaired) electrons. The Hall–Kier alpha value is -2.22. The molecular formula is C17H21N3O4. The fourth-order valence-corrected chi connectivity index (χ4v) is 2.62. The van der Waals surface area contributed by atoms with Gasteiger partial charge in [0.1, 0.15) is 11.8 Å². The number of aliphatic carboxylic acids is 1. The molecule has 1 aliphatic heterocycles. The quantitative estimate of drug-likeness (QED) is 0.818. The first-order valence-corrected chi connectivity index (χ1v) is 7.94. The van der Waals surface area contributed by atoms with Gasteiger partial charge in [0.15, 0.2) is 0 Å². The molecule has 7 heteroatoms. The van der Waals surface area contributed by atoms with E-state index in [1.54, 1.807) is 6.20 Å². The molecule has 3 rings (SSSR count). The number of ether oxygens (including phenoxy) is 1. The van der Waals surface area contributed by atoms with Crippen molar-refractivity contribution in [1.29, 1.82) is 0 Å². The minimum Gasteiger partial charge on any atom is -0.480 e. The number of hydrogen-bond acceptors (Lipinski definition) is 6. The first-order valence-electron chi connectivity index (χ1n) is 7.94. The summed E-state index contributed by atoms with van der Waals surface area (Å²) in [4.78, 5) is 17.4. The third-order valence-electron chi connectivity index (χ3n) is 4.01. The van der Waals surface area contributed by atoms with Crippen molar-refractivity contribution in [3.8, 4) is 11.5 Å². The molecule has 128 valence electrons. The van der Waals surface area contributed by atoms with E-state index >= 15 is 0 Å². The first-order chi connectivity index (χ1) is 11.6. The van der Waals surface area contributed by atoms with Crippen LogP contribution >= 0.6 is 0 Å². The van der Waals surface area contributed by atoms with Crippen molar-refractivity contribution < 1.29 is 19.1 Å². The highest BCUT2D eigenvalue weighted by Gasteiger charge is 2.15. The number of carbonyl (C=O) groups is 1. The van der Waals surface area contributed by atoms with E-state index < -0.39 is 12.0 Å². The Labute approximate surface area is 140 Å². The zero-order valence-electron chi connectivity index (χ0n) is 13.4. The van der Waals surface area contributed by atoms with Crippen LogP contribution in [0.4, 0.5) is 0 Å². The monoisotopic (exact) mass is 331 g/mol. The second-order valence-corrected chi connectivity index (χ2v) is 5.87. The summed E-state index contributed by atoms with van der Waals surface area (Å²) < 4.78 is 11.2. The van der Waals surface area contributed by atoms with Gasteiger partial charge in [0.05, 0.1) is 26.0 Å². The van der Waals surface area contributed by atoms with Crippen molar-refractivity contribution in [3.63, 3.8) is 0 Å². The summed E-state index contributed by atoms with van der Waals surface area (Å²) in [6.07, 6.45) is 2.04. The van der Waals surface area contributed by atoms with E-state index in [0.717, 1.165) is 49.7 Å². The number of oxazole rings is 1. The maximum absolute atomic E-state index is 10.8. The number of carboxylic acids is 1. The van der Waals surface area contributed by atoms with Crippen molar-refractivity contribution in [3.05, 3.63) is 41.8 Å². The minimum absolute atomic E-state index is 0.295. The fourth-order valence-electron chi connectivity index (χ4n) is 2.62. The van der Waals surface area contributed by atoms with Crippen LogP contribution in [0.1, 0.15) is 11.3 Å². The van der Waals surface area contributed by atoms with Gasteiger partial charge in [-0.15, -0.1) is 0 Å². The van der Waals surface area contributed by atoms with Gasteiger partial charge in [0.25, 0.3) is 0 Å². The second-order valence-electron chi connectivity index (χ2n) is 5.87. The lowest BCUT2D eigenvalue weighted by atomic mass is 10.0. The molecule has 1 aromatic heterocycles. The van der Waals surface area contributed by atoms with Gasteiger partial charge in [-0.1, -0.05) is 12.1 Å². The number of nitrogens with zero attached hydrogens (tertiary/aromatic N) is 2. The van der Waals surface area contributed by atoms with E-state index in [9.17, 15) is 4.79 Å². The average molecular weight is 331 g/mol. The summed E-state index contributed by atoms with van der Waals surface area (Å²) >= 11 is 0. The second kappa shape index (κ2) is 7.57. The lowest BCUT2D eigenvalue weighted by molar-refractivity contribution is -0.138. The third-order valence-corrected chi connectivity index (χ3v) is 4.01. The van der Waals surface area contributed by atoms with Gasteiger partial charge < -0.3 is 20.0 Å². The van der Waals surface area contributed by atoms with Crippen LogP contribution in [0.2, 0.25) is 0 Å². The largest absolute Gasteiger partial charge is 0.480 e. The number of rotatable bonds is 6. The highest BCUT2D eigenvalue weighted by Crippen LogP contribution is 2.21. The van der Waals surface area contributed by atoms with Crippen LogP contribution in [-0.2, 0) is 22.5 Å². The van der Waals surface area contributed by atoms with Crippen molar-refractivity contribution >= 4 is 5.97 Å². The van der Waals surface area contributed by atoms with Gasteiger partial charge in [-0.25, -0.2) is 4.98 Å². The Morgan fingerprint density at radius 2 is 2.00 bits per heavy atom. The number of nitrogens with two attached hydrogens (primary N) is 1. The standard InChI is InChI=1S/C17H21N3O4/c18-15(17(21)22)9-12-1-3-13(4-2-12)16-19-10-14(24-16)11-20-5-7-23-8-6-20/h1-4,10,15H,5-9,11,18H2,(H,21,22)/t15-/m0/s1. The molecule has 2 heterocycles. The third kappa shape index (κ3) is 4.19. The van der Waals surface area contributed by atoms with E-state index in [-0.39, 0.29) is 0 Å². The Balaban J connectivity index is 1.63. The van der Waals surface area contributed by atoms with Crippen LogP contribution in [0, 0.1) is 0 Å². The molecule has 0 spiro atoms. The molecule has 1 aliphatic rings. The number of hydrogen-bond donors (Lipinski definition) is 2. The molecule has 1 saturated heterocycles. The molecule has 0 unspecified atom stereocenters. The van der Waals surface area contributed by atoms with Gasteiger partial charge in [-0.3, -0.25) is 9.69 Å². The summed E-state index contributed by atoms with van der Waals surface area (Å²) in [5.41, 5.74) is 7.27. The SMILES string of the molecule is N[C@@H](Cc1ccc(-c2ncc(CN3CCOCC3)o2)cc1)C(=O)O. The predicted octanol–water partition coefficient (Wildman–Crippen LogP) is 1.13. The zero-order valence-corrected chi connectivity index (χ0v) is 13.4. The van der Waals surface area contributed by atoms with Crippen LogP contribution in [0.15, 0.2) is 34.9 Å². The summed E-state index contributed by atoms with van der Waals surface area (Å²) in [5, 5.41) is 8.85. The molecular weight excluding hydrogens is 310 g/mol. The first kappa shape index (κ1) is 16.6. The Bertz CT molecular complexity index is 677. The lowest BCUT2D eigenvalue weighted by Gasteiger charge is -2.25. The molecule has 1 atom stereocenters.